The molecule has 1 aliphatic heterocycles. The van der Waals surface area contributed by atoms with Gasteiger partial charge in [-0.3, -0.25) is 4.79 Å². The number of rotatable bonds is 4. The van der Waals surface area contributed by atoms with Gasteiger partial charge >= 0.3 is 0 Å². The number of benzene rings is 1. The number of carbonyl (C=O) groups excluding carboxylic acids is 1. The van der Waals surface area contributed by atoms with Gasteiger partial charge in [0.25, 0.3) is 0 Å². The minimum absolute atomic E-state index is 0.0763. The van der Waals surface area contributed by atoms with Gasteiger partial charge in [-0.15, -0.1) is 0 Å². The third-order valence-corrected chi connectivity index (χ3v) is 3.21. The van der Waals surface area contributed by atoms with Gasteiger partial charge in [0.05, 0.1) is 32.3 Å². The lowest BCUT2D eigenvalue weighted by atomic mass is 10.1. The van der Waals surface area contributed by atoms with Gasteiger partial charge < -0.3 is 14.4 Å². The first-order valence-electron chi connectivity index (χ1n) is 6.32. The third-order valence-electron chi connectivity index (χ3n) is 3.21. The van der Waals surface area contributed by atoms with Crippen LogP contribution >= 0.6 is 0 Å². The topological polar surface area (TPSA) is 38.8 Å². The molecule has 0 saturated carbocycles. The SMILES string of the molecule is COCC1COCCN1C(=O)Cc1ccccc1F. The molecule has 104 valence electrons. The Balaban J connectivity index is 2.03. The fourth-order valence-electron chi connectivity index (χ4n) is 2.22. The average molecular weight is 267 g/mol. The summed E-state index contributed by atoms with van der Waals surface area (Å²) in [6.45, 7) is 1.95. The van der Waals surface area contributed by atoms with Gasteiger partial charge in [-0.1, -0.05) is 18.2 Å². The Kier molecular flexibility index (Phi) is 4.87. The van der Waals surface area contributed by atoms with Crippen LogP contribution < -0.4 is 0 Å². The highest BCUT2D eigenvalue weighted by Gasteiger charge is 2.27. The molecule has 1 heterocycles. The molecule has 0 spiro atoms. The van der Waals surface area contributed by atoms with Gasteiger partial charge in [-0.25, -0.2) is 4.39 Å². The number of methoxy groups -OCH3 is 1. The number of ether oxygens (including phenoxy) is 2. The molecule has 1 amide bonds. The number of nitrogens with zero attached hydrogens (tertiary/aromatic N) is 1. The molecular weight excluding hydrogens is 249 g/mol. The van der Waals surface area contributed by atoms with Crippen molar-refractivity contribution < 1.29 is 18.7 Å². The zero-order chi connectivity index (χ0) is 13.7. The van der Waals surface area contributed by atoms with E-state index in [4.69, 9.17) is 9.47 Å². The minimum atomic E-state index is -0.340. The van der Waals surface area contributed by atoms with Crippen molar-refractivity contribution in [1.29, 1.82) is 0 Å². The van der Waals surface area contributed by atoms with Crippen LogP contribution in [0.5, 0.6) is 0 Å². The zero-order valence-corrected chi connectivity index (χ0v) is 11.0. The normalized spacial score (nSPS) is 19.5. The van der Waals surface area contributed by atoms with Gasteiger partial charge in [0.15, 0.2) is 0 Å². The molecule has 1 aromatic rings. The summed E-state index contributed by atoms with van der Waals surface area (Å²) in [5.74, 6) is -0.428. The molecule has 2 rings (SSSR count). The van der Waals surface area contributed by atoms with E-state index >= 15 is 0 Å². The van der Waals surface area contributed by atoms with Crippen molar-refractivity contribution in [2.24, 2.45) is 0 Å². The summed E-state index contributed by atoms with van der Waals surface area (Å²) in [4.78, 5) is 14.0. The maximum absolute atomic E-state index is 13.5. The van der Waals surface area contributed by atoms with Crippen LogP contribution in [0.3, 0.4) is 0 Å². The summed E-state index contributed by atoms with van der Waals surface area (Å²) in [7, 11) is 1.59. The molecule has 1 aromatic carbocycles. The molecule has 1 aliphatic rings. The third kappa shape index (κ3) is 3.52. The molecule has 0 aliphatic carbocycles. The summed E-state index contributed by atoms with van der Waals surface area (Å²) in [6, 6.07) is 6.27. The second-order valence-corrected chi connectivity index (χ2v) is 4.54. The van der Waals surface area contributed by atoms with Crippen molar-refractivity contribution in [1.82, 2.24) is 4.90 Å². The molecule has 1 fully saturated rings. The monoisotopic (exact) mass is 267 g/mol. The Hall–Kier alpha value is -1.46. The molecule has 1 unspecified atom stereocenters. The van der Waals surface area contributed by atoms with Gasteiger partial charge in [0.2, 0.25) is 5.91 Å². The number of hydrogen-bond acceptors (Lipinski definition) is 3. The quantitative estimate of drug-likeness (QED) is 0.824. The van der Waals surface area contributed by atoms with Crippen LogP contribution in [0.15, 0.2) is 24.3 Å². The van der Waals surface area contributed by atoms with Crippen molar-refractivity contribution >= 4 is 5.91 Å². The average Bonchev–Trinajstić information content (AvgIpc) is 2.42. The van der Waals surface area contributed by atoms with Crippen LogP contribution in [0.4, 0.5) is 4.39 Å². The largest absolute Gasteiger partial charge is 0.382 e. The summed E-state index contributed by atoms with van der Waals surface area (Å²) < 4.78 is 24.0. The van der Waals surface area contributed by atoms with Crippen molar-refractivity contribution in [3.8, 4) is 0 Å². The molecule has 4 nitrogen and oxygen atoms in total. The van der Waals surface area contributed by atoms with Gasteiger partial charge in [0.1, 0.15) is 5.82 Å². The van der Waals surface area contributed by atoms with E-state index in [-0.39, 0.29) is 24.2 Å². The first-order chi connectivity index (χ1) is 9.22. The van der Waals surface area contributed by atoms with E-state index in [1.165, 1.54) is 6.07 Å². The van der Waals surface area contributed by atoms with E-state index in [1.54, 1.807) is 30.2 Å². The van der Waals surface area contributed by atoms with Crippen LogP contribution in [-0.2, 0) is 20.7 Å². The van der Waals surface area contributed by atoms with Crippen molar-refractivity contribution in [2.75, 3.05) is 33.5 Å². The summed E-state index contributed by atoms with van der Waals surface area (Å²) in [6.07, 6.45) is 0.0763. The maximum atomic E-state index is 13.5. The van der Waals surface area contributed by atoms with E-state index in [9.17, 15) is 9.18 Å². The van der Waals surface area contributed by atoms with E-state index in [2.05, 4.69) is 0 Å². The summed E-state index contributed by atoms with van der Waals surface area (Å²) in [5.41, 5.74) is 0.426. The molecule has 0 aromatic heterocycles. The van der Waals surface area contributed by atoms with E-state index in [0.717, 1.165) is 0 Å². The van der Waals surface area contributed by atoms with Gasteiger partial charge in [0, 0.05) is 13.7 Å². The van der Waals surface area contributed by atoms with Crippen LogP contribution in [0.25, 0.3) is 0 Å². The molecular formula is C14H18FNO3. The first kappa shape index (κ1) is 14.0. The molecule has 1 saturated heterocycles. The van der Waals surface area contributed by atoms with Gasteiger partial charge in [-0.05, 0) is 11.6 Å². The zero-order valence-electron chi connectivity index (χ0n) is 11.0. The first-order valence-corrected chi connectivity index (χ1v) is 6.32. The predicted molar refractivity (Wildman–Crippen MR) is 68.3 cm³/mol. The number of halogens is 1. The lowest BCUT2D eigenvalue weighted by molar-refractivity contribution is -0.141. The highest BCUT2D eigenvalue weighted by molar-refractivity contribution is 5.79. The van der Waals surface area contributed by atoms with E-state index < -0.39 is 0 Å². The van der Waals surface area contributed by atoms with Crippen LogP contribution in [0.2, 0.25) is 0 Å². The Morgan fingerprint density at radius 2 is 2.32 bits per heavy atom. The molecule has 0 N–H and O–H groups in total. The fourth-order valence-corrected chi connectivity index (χ4v) is 2.22. The molecule has 19 heavy (non-hydrogen) atoms. The highest BCUT2D eigenvalue weighted by Crippen LogP contribution is 2.13. The van der Waals surface area contributed by atoms with Crippen molar-refractivity contribution in [2.45, 2.75) is 12.5 Å². The molecule has 0 radical (unpaired) electrons. The number of morpholine rings is 1. The second-order valence-electron chi connectivity index (χ2n) is 4.54. The molecule has 0 bridgehead atoms. The van der Waals surface area contributed by atoms with Crippen LogP contribution in [0, 0.1) is 5.82 Å². The minimum Gasteiger partial charge on any atom is -0.382 e. The summed E-state index contributed by atoms with van der Waals surface area (Å²) >= 11 is 0. The lowest BCUT2D eigenvalue weighted by Crippen LogP contribution is -2.51. The standard InChI is InChI=1S/C14H18FNO3/c1-18-9-12-10-19-7-6-16(12)14(17)8-11-4-2-3-5-13(11)15/h2-5,12H,6-10H2,1H3. The smallest absolute Gasteiger partial charge is 0.227 e. The maximum Gasteiger partial charge on any atom is 0.227 e. The predicted octanol–water partition coefficient (Wildman–Crippen LogP) is 1.24. The van der Waals surface area contributed by atoms with Crippen molar-refractivity contribution in [3.63, 3.8) is 0 Å². The van der Waals surface area contributed by atoms with Crippen LogP contribution in [-0.4, -0.2) is 50.3 Å². The van der Waals surface area contributed by atoms with Gasteiger partial charge in [-0.2, -0.15) is 0 Å². The van der Waals surface area contributed by atoms with Crippen LogP contribution in [0.1, 0.15) is 5.56 Å². The van der Waals surface area contributed by atoms with E-state index in [0.29, 0.717) is 31.9 Å². The van der Waals surface area contributed by atoms with E-state index in [1.807, 2.05) is 0 Å². The Morgan fingerprint density at radius 3 is 3.05 bits per heavy atom. The number of carbonyl (C=O) groups is 1. The summed E-state index contributed by atoms with van der Waals surface area (Å²) in [5, 5.41) is 0. The van der Waals surface area contributed by atoms with Crippen molar-refractivity contribution in [3.05, 3.63) is 35.6 Å². The lowest BCUT2D eigenvalue weighted by Gasteiger charge is -2.35. The number of hydrogen-bond donors (Lipinski definition) is 0. The number of amides is 1. The molecule has 1 atom stereocenters. The fraction of sp³-hybridized carbons (Fsp3) is 0.500. The Morgan fingerprint density at radius 1 is 1.53 bits per heavy atom. The second kappa shape index (κ2) is 6.63. The highest BCUT2D eigenvalue weighted by atomic mass is 19.1. The Labute approximate surface area is 112 Å². The molecule has 5 heteroatoms. The Bertz CT molecular complexity index is 436.